The van der Waals surface area contributed by atoms with Gasteiger partial charge in [0, 0.05) is 29.2 Å². The first-order valence-corrected chi connectivity index (χ1v) is 7.88. The van der Waals surface area contributed by atoms with E-state index in [2.05, 4.69) is 5.32 Å². The number of hydrogen-bond acceptors (Lipinski definition) is 3. The second-order valence-electron chi connectivity index (χ2n) is 5.11. The van der Waals surface area contributed by atoms with Gasteiger partial charge >= 0.3 is 0 Å². The van der Waals surface area contributed by atoms with Crippen LogP contribution < -0.4 is 5.32 Å². The molecule has 0 aromatic heterocycles. The topological polar surface area (TPSA) is 49.3 Å². The van der Waals surface area contributed by atoms with Gasteiger partial charge in [0.25, 0.3) is 0 Å². The number of carbonyl (C=O) groups is 1. The van der Waals surface area contributed by atoms with Crippen LogP contribution in [-0.2, 0) is 4.79 Å². The molecule has 1 atom stereocenters. The Morgan fingerprint density at radius 1 is 1.38 bits per heavy atom. The Morgan fingerprint density at radius 3 is 2.67 bits per heavy atom. The third-order valence-electron chi connectivity index (χ3n) is 3.37. The van der Waals surface area contributed by atoms with Gasteiger partial charge in [0.2, 0.25) is 5.91 Å². The smallest absolute Gasteiger partial charge is 0.221 e. The zero-order chi connectivity index (χ0) is 15.9. The number of aliphatic hydroxyl groups is 1. The van der Waals surface area contributed by atoms with Crippen molar-refractivity contribution < 1.29 is 18.7 Å². The Labute approximate surface area is 128 Å². The molecule has 0 heterocycles. The van der Waals surface area contributed by atoms with E-state index in [0.29, 0.717) is 17.1 Å². The molecule has 1 aromatic rings. The Hall–Kier alpha value is -1.14. The van der Waals surface area contributed by atoms with Crippen LogP contribution in [-0.4, -0.2) is 28.9 Å². The van der Waals surface area contributed by atoms with E-state index in [1.54, 1.807) is 0 Å². The van der Waals surface area contributed by atoms with Crippen LogP contribution in [0.2, 0.25) is 0 Å². The SMILES string of the molecule is CCC(C)(CCO)NC(=O)CCSc1ccc(F)c(F)c1. The van der Waals surface area contributed by atoms with Crippen LogP contribution in [0.15, 0.2) is 23.1 Å². The van der Waals surface area contributed by atoms with Crippen molar-refractivity contribution in [2.75, 3.05) is 12.4 Å². The summed E-state index contributed by atoms with van der Waals surface area (Å²) in [5, 5.41) is 11.9. The van der Waals surface area contributed by atoms with Gasteiger partial charge in [-0.1, -0.05) is 6.92 Å². The molecule has 0 spiro atoms. The Morgan fingerprint density at radius 2 is 2.10 bits per heavy atom. The van der Waals surface area contributed by atoms with Gasteiger partial charge in [-0.05, 0) is 38.0 Å². The maximum absolute atomic E-state index is 13.0. The summed E-state index contributed by atoms with van der Waals surface area (Å²) >= 11 is 1.30. The quantitative estimate of drug-likeness (QED) is 0.724. The molecule has 21 heavy (non-hydrogen) atoms. The van der Waals surface area contributed by atoms with Gasteiger partial charge in [-0.25, -0.2) is 8.78 Å². The number of amides is 1. The number of carbonyl (C=O) groups excluding carboxylic acids is 1. The molecular formula is C15H21F2NO2S. The van der Waals surface area contributed by atoms with Crippen LogP contribution in [0.1, 0.15) is 33.1 Å². The first-order valence-electron chi connectivity index (χ1n) is 6.90. The number of aliphatic hydroxyl groups excluding tert-OH is 1. The largest absolute Gasteiger partial charge is 0.396 e. The average molecular weight is 317 g/mol. The highest BCUT2D eigenvalue weighted by Gasteiger charge is 2.23. The predicted octanol–water partition coefficient (Wildman–Crippen LogP) is 3.11. The minimum atomic E-state index is -0.883. The maximum atomic E-state index is 13.0. The highest BCUT2D eigenvalue weighted by Crippen LogP contribution is 2.21. The van der Waals surface area contributed by atoms with Gasteiger partial charge in [-0.15, -0.1) is 11.8 Å². The second-order valence-corrected chi connectivity index (χ2v) is 6.28. The zero-order valence-electron chi connectivity index (χ0n) is 12.3. The number of nitrogens with one attached hydrogen (secondary N) is 1. The summed E-state index contributed by atoms with van der Waals surface area (Å²) < 4.78 is 25.8. The number of benzene rings is 1. The molecule has 1 aromatic carbocycles. The van der Waals surface area contributed by atoms with E-state index < -0.39 is 17.2 Å². The summed E-state index contributed by atoms with van der Waals surface area (Å²) in [6, 6.07) is 3.69. The predicted molar refractivity (Wildman–Crippen MR) is 80.2 cm³/mol. The lowest BCUT2D eigenvalue weighted by Crippen LogP contribution is -2.46. The number of halogens is 2. The van der Waals surface area contributed by atoms with Gasteiger partial charge in [-0.3, -0.25) is 4.79 Å². The summed E-state index contributed by atoms with van der Waals surface area (Å²) in [7, 11) is 0. The van der Waals surface area contributed by atoms with Crippen LogP contribution in [0.3, 0.4) is 0 Å². The van der Waals surface area contributed by atoms with Crippen LogP contribution in [0, 0.1) is 11.6 Å². The van der Waals surface area contributed by atoms with Crippen molar-refractivity contribution in [2.24, 2.45) is 0 Å². The van der Waals surface area contributed by atoms with Crippen molar-refractivity contribution in [1.29, 1.82) is 0 Å². The standard InChI is InChI=1S/C15H21F2NO2S/c1-3-15(2,7-8-19)18-14(20)6-9-21-11-4-5-12(16)13(17)10-11/h4-5,10,19H,3,6-9H2,1-2H3,(H,18,20). The molecule has 1 amide bonds. The fourth-order valence-electron chi connectivity index (χ4n) is 1.80. The molecule has 3 nitrogen and oxygen atoms in total. The molecule has 1 unspecified atom stereocenters. The molecule has 0 bridgehead atoms. The number of thioether (sulfide) groups is 1. The summed E-state index contributed by atoms with van der Waals surface area (Å²) in [5.74, 6) is -1.39. The normalized spacial score (nSPS) is 13.8. The number of hydrogen-bond donors (Lipinski definition) is 2. The molecule has 0 aliphatic heterocycles. The zero-order valence-corrected chi connectivity index (χ0v) is 13.1. The van der Waals surface area contributed by atoms with Crippen molar-refractivity contribution in [2.45, 2.75) is 43.5 Å². The first kappa shape index (κ1) is 17.9. The molecule has 1 rings (SSSR count). The third kappa shape index (κ3) is 6.01. The monoisotopic (exact) mass is 317 g/mol. The molecule has 0 saturated carbocycles. The first-order chi connectivity index (χ1) is 9.90. The number of rotatable bonds is 8. The van der Waals surface area contributed by atoms with Gasteiger partial charge in [0.05, 0.1) is 0 Å². The summed E-state index contributed by atoms with van der Waals surface area (Å²) in [6.45, 7) is 3.86. The lowest BCUT2D eigenvalue weighted by Gasteiger charge is -2.29. The van der Waals surface area contributed by atoms with Crippen LogP contribution in [0.4, 0.5) is 8.78 Å². The van der Waals surface area contributed by atoms with E-state index in [9.17, 15) is 13.6 Å². The van der Waals surface area contributed by atoms with E-state index in [0.717, 1.165) is 18.6 Å². The highest BCUT2D eigenvalue weighted by atomic mass is 32.2. The minimum absolute atomic E-state index is 0.0220. The maximum Gasteiger partial charge on any atom is 0.221 e. The molecule has 6 heteroatoms. The molecular weight excluding hydrogens is 296 g/mol. The second kappa shape index (κ2) is 8.34. The lowest BCUT2D eigenvalue weighted by atomic mass is 9.95. The van der Waals surface area contributed by atoms with E-state index in [1.807, 2.05) is 13.8 Å². The van der Waals surface area contributed by atoms with Gasteiger partial charge in [-0.2, -0.15) is 0 Å². The summed E-state index contributed by atoms with van der Waals surface area (Å²) in [5.41, 5.74) is -0.404. The van der Waals surface area contributed by atoms with Crippen molar-refractivity contribution in [3.8, 4) is 0 Å². The van der Waals surface area contributed by atoms with Crippen molar-refractivity contribution in [3.05, 3.63) is 29.8 Å². The van der Waals surface area contributed by atoms with Gasteiger partial charge < -0.3 is 10.4 Å². The Kier molecular flexibility index (Phi) is 7.11. The van der Waals surface area contributed by atoms with E-state index >= 15 is 0 Å². The van der Waals surface area contributed by atoms with Crippen LogP contribution >= 0.6 is 11.8 Å². The molecule has 0 fully saturated rings. The fourth-order valence-corrected chi connectivity index (χ4v) is 2.68. The van der Waals surface area contributed by atoms with Crippen LogP contribution in [0.5, 0.6) is 0 Å². The summed E-state index contributed by atoms with van der Waals surface area (Å²) in [4.78, 5) is 12.5. The van der Waals surface area contributed by atoms with E-state index in [-0.39, 0.29) is 18.9 Å². The van der Waals surface area contributed by atoms with E-state index in [1.165, 1.54) is 17.8 Å². The van der Waals surface area contributed by atoms with Gasteiger partial charge in [0.1, 0.15) is 0 Å². The third-order valence-corrected chi connectivity index (χ3v) is 4.37. The average Bonchev–Trinajstić information content (AvgIpc) is 2.43. The highest BCUT2D eigenvalue weighted by molar-refractivity contribution is 7.99. The molecule has 0 aliphatic carbocycles. The van der Waals surface area contributed by atoms with Gasteiger partial charge in [0.15, 0.2) is 11.6 Å². The van der Waals surface area contributed by atoms with Crippen molar-refractivity contribution in [1.82, 2.24) is 5.32 Å². The molecule has 0 aliphatic rings. The van der Waals surface area contributed by atoms with Crippen molar-refractivity contribution in [3.63, 3.8) is 0 Å². The Balaban J connectivity index is 2.41. The lowest BCUT2D eigenvalue weighted by molar-refractivity contribution is -0.122. The van der Waals surface area contributed by atoms with Crippen molar-refractivity contribution >= 4 is 17.7 Å². The molecule has 118 valence electrons. The molecule has 0 radical (unpaired) electrons. The fraction of sp³-hybridized carbons (Fsp3) is 0.533. The molecule has 2 N–H and O–H groups in total. The van der Waals surface area contributed by atoms with Crippen LogP contribution in [0.25, 0.3) is 0 Å². The summed E-state index contributed by atoms with van der Waals surface area (Å²) in [6.07, 6.45) is 1.52. The minimum Gasteiger partial charge on any atom is -0.396 e. The van der Waals surface area contributed by atoms with E-state index in [4.69, 9.17) is 5.11 Å². The molecule has 0 saturated heterocycles. The Bertz CT molecular complexity index is 485.